The minimum Gasteiger partial charge on any atom is -0.300 e. The van der Waals surface area contributed by atoms with Crippen LogP contribution in [0.3, 0.4) is 0 Å². The molecule has 142 valence electrons. The van der Waals surface area contributed by atoms with Crippen molar-refractivity contribution in [2.45, 2.75) is 25.3 Å². The van der Waals surface area contributed by atoms with Crippen molar-refractivity contribution in [3.63, 3.8) is 0 Å². The highest BCUT2D eigenvalue weighted by Crippen LogP contribution is 2.37. The number of fused-ring (bicyclic) bond motifs is 6. The highest BCUT2D eigenvalue weighted by Gasteiger charge is 2.24. The maximum absolute atomic E-state index is 3.60. The van der Waals surface area contributed by atoms with Gasteiger partial charge in [0, 0.05) is 16.8 Å². The molecule has 2 heteroatoms. The van der Waals surface area contributed by atoms with Gasteiger partial charge in [-0.25, -0.2) is 0 Å². The standard InChI is InChI=1S/C27H23NS/c1-2-8-21-18(5-1)13-14-25-23-9-3-6-19(22(23)15-16-24(21)25)11-12-20-7-4-10-26-27(20)29-17-28-26/h1-9,13-16,26,28H,10-12,17H2. The molecule has 0 amide bonds. The number of nitrogens with one attached hydrogen (secondary N) is 1. The molecule has 0 saturated carbocycles. The molecule has 1 N–H and O–H groups in total. The van der Waals surface area contributed by atoms with Gasteiger partial charge >= 0.3 is 0 Å². The van der Waals surface area contributed by atoms with Crippen LogP contribution in [0.25, 0.3) is 32.3 Å². The molecule has 1 unspecified atom stereocenters. The topological polar surface area (TPSA) is 12.0 Å². The quantitative estimate of drug-likeness (QED) is 0.378. The van der Waals surface area contributed by atoms with Gasteiger partial charge in [-0.15, -0.1) is 11.8 Å². The van der Waals surface area contributed by atoms with Crippen molar-refractivity contribution in [2.75, 3.05) is 5.88 Å². The van der Waals surface area contributed by atoms with Gasteiger partial charge in [-0.1, -0.05) is 78.9 Å². The average molecular weight is 394 g/mol. The van der Waals surface area contributed by atoms with E-state index in [2.05, 4.69) is 84.2 Å². The van der Waals surface area contributed by atoms with Crippen LogP contribution >= 0.6 is 11.8 Å². The highest BCUT2D eigenvalue weighted by molar-refractivity contribution is 8.03. The predicted octanol–water partition coefficient (Wildman–Crippen LogP) is 6.96. The molecule has 1 heterocycles. The summed E-state index contributed by atoms with van der Waals surface area (Å²) in [5, 5.41) is 11.7. The summed E-state index contributed by atoms with van der Waals surface area (Å²) in [5.41, 5.74) is 2.98. The lowest BCUT2D eigenvalue weighted by Crippen LogP contribution is -2.23. The van der Waals surface area contributed by atoms with Crippen molar-refractivity contribution in [3.05, 3.63) is 94.9 Å². The fourth-order valence-electron chi connectivity index (χ4n) is 4.96. The lowest BCUT2D eigenvalue weighted by atomic mass is 9.92. The van der Waals surface area contributed by atoms with Gasteiger partial charge in [-0.2, -0.15) is 0 Å². The van der Waals surface area contributed by atoms with E-state index in [4.69, 9.17) is 0 Å². The number of rotatable bonds is 3. The zero-order valence-electron chi connectivity index (χ0n) is 16.3. The van der Waals surface area contributed by atoms with E-state index >= 15 is 0 Å². The van der Waals surface area contributed by atoms with Crippen molar-refractivity contribution in [2.24, 2.45) is 0 Å². The second-order valence-electron chi connectivity index (χ2n) is 8.03. The predicted molar refractivity (Wildman–Crippen MR) is 127 cm³/mol. The summed E-state index contributed by atoms with van der Waals surface area (Å²) in [6, 6.07) is 25.3. The summed E-state index contributed by atoms with van der Waals surface area (Å²) in [5.74, 6) is 1.05. The van der Waals surface area contributed by atoms with Crippen LogP contribution in [0.4, 0.5) is 0 Å². The first kappa shape index (κ1) is 17.3. The van der Waals surface area contributed by atoms with Crippen molar-refractivity contribution < 1.29 is 0 Å². The molecule has 0 bridgehead atoms. The summed E-state index contributed by atoms with van der Waals surface area (Å²) in [7, 11) is 0. The molecule has 0 radical (unpaired) electrons. The Morgan fingerprint density at radius 1 is 0.759 bits per heavy atom. The Kier molecular flexibility index (Phi) is 4.21. The minimum absolute atomic E-state index is 0.560. The maximum atomic E-state index is 3.60. The summed E-state index contributed by atoms with van der Waals surface area (Å²) in [6.45, 7) is 0. The third kappa shape index (κ3) is 2.90. The molecule has 4 aromatic rings. The minimum atomic E-state index is 0.560. The zero-order chi connectivity index (χ0) is 19.2. The smallest absolute Gasteiger partial charge is 0.0468 e. The molecule has 29 heavy (non-hydrogen) atoms. The van der Waals surface area contributed by atoms with E-state index in [9.17, 15) is 0 Å². The largest absolute Gasteiger partial charge is 0.300 e. The van der Waals surface area contributed by atoms with E-state index in [0.29, 0.717) is 6.04 Å². The van der Waals surface area contributed by atoms with Crippen LogP contribution in [0.2, 0.25) is 0 Å². The zero-order valence-corrected chi connectivity index (χ0v) is 17.1. The van der Waals surface area contributed by atoms with Gasteiger partial charge in [0.1, 0.15) is 0 Å². The third-order valence-corrected chi connectivity index (χ3v) is 7.59. The van der Waals surface area contributed by atoms with Crippen LogP contribution in [-0.2, 0) is 6.42 Å². The molecular formula is C27H23NS. The van der Waals surface area contributed by atoms with Crippen LogP contribution in [0.1, 0.15) is 18.4 Å². The fourth-order valence-corrected chi connectivity index (χ4v) is 6.14. The number of thioether (sulfide) groups is 1. The number of hydrogen-bond donors (Lipinski definition) is 1. The highest BCUT2D eigenvalue weighted by atomic mass is 32.2. The molecule has 4 aromatic carbocycles. The second-order valence-corrected chi connectivity index (χ2v) is 9.05. The fraction of sp³-hybridized carbons (Fsp3) is 0.185. The Bertz CT molecular complexity index is 1310. The number of aryl methyl sites for hydroxylation is 1. The second kappa shape index (κ2) is 7.05. The van der Waals surface area contributed by atoms with Gasteiger partial charge in [0.2, 0.25) is 0 Å². The Morgan fingerprint density at radius 2 is 1.55 bits per heavy atom. The van der Waals surface area contributed by atoms with Crippen LogP contribution in [-0.4, -0.2) is 11.9 Å². The van der Waals surface area contributed by atoms with Crippen LogP contribution in [0, 0.1) is 0 Å². The summed E-state index contributed by atoms with van der Waals surface area (Å²) >= 11 is 1.99. The Morgan fingerprint density at radius 3 is 2.55 bits per heavy atom. The van der Waals surface area contributed by atoms with Crippen molar-refractivity contribution in [3.8, 4) is 0 Å². The van der Waals surface area contributed by atoms with Crippen LogP contribution < -0.4 is 5.32 Å². The number of hydrogen-bond acceptors (Lipinski definition) is 2. The number of benzene rings is 4. The SMILES string of the molecule is C1=CC(CCc2cccc3c2ccc2c4ccccc4ccc32)=C2SCNC2C1. The number of allylic oxidation sites excluding steroid dienone is 2. The average Bonchev–Trinajstić information content (AvgIpc) is 3.26. The van der Waals surface area contributed by atoms with Crippen molar-refractivity contribution in [1.82, 2.24) is 5.32 Å². The van der Waals surface area contributed by atoms with Gasteiger partial charge in [0.15, 0.2) is 0 Å². The van der Waals surface area contributed by atoms with Crippen molar-refractivity contribution >= 4 is 44.1 Å². The summed E-state index contributed by atoms with van der Waals surface area (Å²) in [4.78, 5) is 1.57. The normalized spacial score (nSPS) is 18.8. The molecule has 1 fully saturated rings. The summed E-state index contributed by atoms with van der Waals surface area (Å²) < 4.78 is 0. The first-order chi connectivity index (χ1) is 14.4. The maximum Gasteiger partial charge on any atom is 0.0468 e. The Labute approximate surface area is 175 Å². The molecule has 1 saturated heterocycles. The molecule has 1 atom stereocenters. The van der Waals surface area contributed by atoms with Gasteiger partial charge in [-0.05, 0) is 62.7 Å². The first-order valence-electron chi connectivity index (χ1n) is 10.5. The van der Waals surface area contributed by atoms with Gasteiger partial charge < -0.3 is 0 Å². The molecule has 1 nitrogen and oxygen atoms in total. The van der Waals surface area contributed by atoms with Crippen LogP contribution in [0.5, 0.6) is 0 Å². The summed E-state index contributed by atoms with van der Waals surface area (Å²) in [6.07, 6.45) is 8.04. The van der Waals surface area contributed by atoms with Gasteiger partial charge in [-0.3, -0.25) is 5.32 Å². The first-order valence-corrected chi connectivity index (χ1v) is 11.4. The van der Waals surface area contributed by atoms with E-state index in [1.54, 1.807) is 4.91 Å². The van der Waals surface area contributed by atoms with E-state index < -0.39 is 0 Å². The van der Waals surface area contributed by atoms with E-state index in [0.717, 1.165) is 25.1 Å². The van der Waals surface area contributed by atoms with Crippen LogP contribution in [0.15, 0.2) is 89.4 Å². The van der Waals surface area contributed by atoms with Crippen molar-refractivity contribution in [1.29, 1.82) is 0 Å². The molecule has 6 rings (SSSR count). The lowest BCUT2D eigenvalue weighted by Gasteiger charge is -2.18. The lowest BCUT2D eigenvalue weighted by molar-refractivity contribution is 0.663. The van der Waals surface area contributed by atoms with Gasteiger partial charge in [0.25, 0.3) is 0 Å². The molecule has 2 aliphatic rings. The monoisotopic (exact) mass is 393 g/mol. The molecule has 0 aromatic heterocycles. The molecule has 1 aliphatic carbocycles. The van der Waals surface area contributed by atoms with E-state index in [1.807, 2.05) is 11.8 Å². The molecule has 1 aliphatic heterocycles. The molecule has 0 spiro atoms. The Hall–Kier alpha value is -2.55. The molecular weight excluding hydrogens is 370 g/mol. The van der Waals surface area contributed by atoms with E-state index in [1.165, 1.54) is 43.5 Å². The van der Waals surface area contributed by atoms with E-state index in [-0.39, 0.29) is 0 Å². The Balaban J connectivity index is 1.42. The third-order valence-electron chi connectivity index (χ3n) is 6.42. The van der Waals surface area contributed by atoms with Gasteiger partial charge in [0.05, 0.1) is 0 Å².